The fourth-order valence-corrected chi connectivity index (χ4v) is 7.58. The fourth-order valence-electron chi connectivity index (χ4n) is 3.66. The number of hydrogen-bond donors (Lipinski definition) is 0. The second-order valence-corrected chi connectivity index (χ2v) is 10.9. The number of benzene rings is 2. The van der Waals surface area contributed by atoms with Gasteiger partial charge in [0.1, 0.15) is 5.75 Å². The van der Waals surface area contributed by atoms with E-state index in [0.717, 1.165) is 11.4 Å². The van der Waals surface area contributed by atoms with E-state index < -0.39 is 9.84 Å². The van der Waals surface area contributed by atoms with Gasteiger partial charge in [-0.05, 0) is 48.5 Å². The van der Waals surface area contributed by atoms with E-state index in [1.807, 2.05) is 48.2 Å². The van der Waals surface area contributed by atoms with Crippen LogP contribution in [0.4, 0.5) is 11.4 Å². The number of aliphatic imine (C=N–C) groups is 1. The van der Waals surface area contributed by atoms with Gasteiger partial charge >= 0.3 is 0 Å². The topological polar surface area (TPSA) is 79.3 Å². The molecule has 2 fully saturated rings. The van der Waals surface area contributed by atoms with Crippen LogP contribution in [0.3, 0.4) is 0 Å². The predicted molar refractivity (Wildman–Crippen MR) is 122 cm³/mol. The fraction of sp³-hybridized carbons (Fsp3) is 0.333. The summed E-state index contributed by atoms with van der Waals surface area (Å²) < 4.78 is 29.6. The van der Waals surface area contributed by atoms with E-state index in [1.54, 1.807) is 31.4 Å². The van der Waals surface area contributed by atoms with Gasteiger partial charge in [-0.3, -0.25) is 4.79 Å². The number of amides is 1. The van der Waals surface area contributed by atoms with Crippen LogP contribution in [-0.4, -0.2) is 63.5 Å². The Balaban J connectivity index is 1.68. The van der Waals surface area contributed by atoms with Crippen molar-refractivity contribution < 1.29 is 17.9 Å². The van der Waals surface area contributed by atoms with E-state index in [-0.39, 0.29) is 28.7 Å². The maximum Gasteiger partial charge on any atom is 0.279 e. The van der Waals surface area contributed by atoms with Crippen LogP contribution in [-0.2, 0) is 9.84 Å². The van der Waals surface area contributed by atoms with E-state index in [9.17, 15) is 13.2 Å². The van der Waals surface area contributed by atoms with Crippen LogP contribution in [0, 0.1) is 0 Å². The summed E-state index contributed by atoms with van der Waals surface area (Å²) in [5.41, 5.74) is 2.32. The third-order valence-corrected chi connectivity index (χ3v) is 8.45. The zero-order valence-electron chi connectivity index (χ0n) is 17.0. The number of fused-ring (bicyclic) bond motifs is 1. The normalized spacial score (nSPS) is 23.4. The molecule has 2 aliphatic rings. The smallest absolute Gasteiger partial charge is 0.279 e. The average Bonchev–Trinajstić information content (AvgIpc) is 3.18. The number of methoxy groups -OCH3 is 1. The minimum absolute atomic E-state index is 0.0653. The molecule has 0 radical (unpaired) electrons. The maximum atomic E-state index is 12.8. The molecule has 0 aromatic heterocycles. The van der Waals surface area contributed by atoms with Gasteiger partial charge in [0.25, 0.3) is 5.91 Å². The van der Waals surface area contributed by atoms with E-state index >= 15 is 0 Å². The molecular weight excluding hydrogens is 422 g/mol. The van der Waals surface area contributed by atoms with Gasteiger partial charge in [-0.1, -0.05) is 11.8 Å². The largest absolute Gasteiger partial charge is 0.497 e. The first-order chi connectivity index (χ1) is 14.3. The van der Waals surface area contributed by atoms with Crippen LogP contribution < -0.4 is 14.5 Å². The van der Waals surface area contributed by atoms with Crippen molar-refractivity contribution in [2.24, 2.45) is 4.99 Å². The lowest BCUT2D eigenvalue weighted by Gasteiger charge is -2.25. The van der Waals surface area contributed by atoms with Gasteiger partial charge in [0.05, 0.1) is 24.7 Å². The van der Waals surface area contributed by atoms with Crippen molar-refractivity contribution >= 4 is 44.0 Å². The van der Waals surface area contributed by atoms with Crippen molar-refractivity contribution in [2.45, 2.75) is 11.3 Å². The zero-order chi connectivity index (χ0) is 21.5. The van der Waals surface area contributed by atoms with E-state index in [2.05, 4.69) is 4.99 Å². The van der Waals surface area contributed by atoms with E-state index in [0.29, 0.717) is 16.5 Å². The number of amidine groups is 1. The first-order valence-electron chi connectivity index (χ1n) is 9.48. The highest BCUT2D eigenvalue weighted by molar-refractivity contribution is 8.16. The van der Waals surface area contributed by atoms with E-state index in [1.165, 1.54) is 11.8 Å². The molecule has 0 spiro atoms. The Hall–Kier alpha value is -2.52. The third kappa shape index (κ3) is 4.04. The van der Waals surface area contributed by atoms with Crippen molar-refractivity contribution in [3.63, 3.8) is 0 Å². The number of nitrogens with zero attached hydrogens (tertiary/aromatic N) is 3. The highest BCUT2D eigenvalue weighted by Gasteiger charge is 2.49. The molecule has 2 atom stereocenters. The lowest BCUT2D eigenvalue weighted by Crippen LogP contribution is -2.37. The van der Waals surface area contributed by atoms with Gasteiger partial charge < -0.3 is 14.5 Å². The van der Waals surface area contributed by atoms with Crippen molar-refractivity contribution in [2.75, 3.05) is 42.5 Å². The molecule has 2 aromatic rings. The molecule has 0 bridgehead atoms. The lowest BCUT2D eigenvalue weighted by molar-refractivity contribution is 0.100. The molecule has 7 nitrogen and oxygen atoms in total. The number of ether oxygens (including phenoxy) is 1. The molecule has 2 aliphatic heterocycles. The van der Waals surface area contributed by atoms with Crippen molar-refractivity contribution in [3.8, 4) is 5.75 Å². The highest BCUT2D eigenvalue weighted by atomic mass is 32.2. The second-order valence-electron chi connectivity index (χ2n) is 7.51. The minimum atomic E-state index is -3.10. The Morgan fingerprint density at radius 2 is 1.77 bits per heavy atom. The maximum absolute atomic E-state index is 12.8. The standard InChI is InChI=1S/C21H23N3O4S2/c1-23(2)15-6-8-16(9-7-15)24-18-12-30(26,27)13-19(18)29-21(24)22-20(25)14-4-10-17(28-3)11-5-14/h4-11,18-19H,12-13H2,1-3H3/t18-,19+/m1/s1. The molecule has 30 heavy (non-hydrogen) atoms. The Kier molecular flexibility index (Phi) is 5.50. The number of carbonyl (C=O) groups is 1. The zero-order valence-corrected chi connectivity index (χ0v) is 18.6. The quantitative estimate of drug-likeness (QED) is 0.716. The summed E-state index contributed by atoms with van der Waals surface area (Å²) >= 11 is 1.37. The minimum Gasteiger partial charge on any atom is -0.497 e. The number of thioether (sulfide) groups is 1. The Bertz CT molecular complexity index is 1080. The van der Waals surface area contributed by atoms with Crippen molar-refractivity contribution in [3.05, 3.63) is 54.1 Å². The molecule has 0 unspecified atom stereocenters. The van der Waals surface area contributed by atoms with Crippen LogP contribution in [0.2, 0.25) is 0 Å². The summed E-state index contributed by atoms with van der Waals surface area (Å²) in [6.07, 6.45) is 0. The summed E-state index contributed by atoms with van der Waals surface area (Å²) in [6.45, 7) is 0. The van der Waals surface area contributed by atoms with Gasteiger partial charge in [-0.2, -0.15) is 4.99 Å². The second kappa shape index (κ2) is 7.96. The SMILES string of the molecule is COc1ccc(C(=O)N=C2S[C@H]3CS(=O)(=O)C[C@H]3N2c2ccc(N(C)C)cc2)cc1. The van der Waals surface area contributed by atoms with Crippen LogP contribution in [0.25, 0.3) is 0 Å². The summed E-state index contributed by atoms with van der Waals surface area (Å²) in [5.74, 6) is 0.468. The Morgan fingerprint density at radius 3 is 2.37 bits per heavy atom. The molecular formula is C21H23N3O4S2. The molecule has 0 saturated carbocycles. The Morgan fingerprint density at radius 1 is 1.10 bits per heavy atom. The predicted octanol–water partition coefficient (Wildman–Crippen LogP) is 2.68. The molecule has 2 saturated heterocycles. The van der Waals surface area contributed by atoms with Crippen LogP contribution in [0.1, 0.15) is 10.4 Å². The van der Waals surface area contributed by atoms with Gasteiger partial charge in [-0.15, -0.1) is 0 Å². The van der Waals surface area contributed by atoms with Crippen LogP contribution >= 0.6 is 11.8 Å². The van der Waals surface area contributed by atoms with E-state index in [4.69, 9.17) is 4.74 Å². The van der Waals surface area contributed by atoms with Gasteiger partial charge in [0, 0.05) is 36.3 Å². The van der Waals surface area contributed by atoms with Crippen LogP contribution in [0.5, 0.6) is 5.75 Å². The molecule has 1 amide bonds. The number of hydrogen-bond acceptors (Lipinski definition) is 6. The van der Waals surface area contributed by atoms with Crippen molar-refractivity contribution in [1.82, 2.24) is 0 Å². The number of anilines is 2. The summed E-state index contributed by atoms with van der Waals surface area (Å²) in [4.78, 5) is 21.0. The van der Waals surface area contributed by atoms with Gasteiger partial charge in [0.15, 0.2) is 15.0 Å². The third-order valence-electron chi connectivity index (χ3n) is 5.25. The molecule has 2 aromatic carbocycles. The molecule has 2 heterocycles. The molecule has 158 valence electrons. The first-order valence-corrected chi connectivity index (χ1v) is 12.2. The van der Waals surface area contributed by atoms with Gasteiger partial charge in [0.2, 0.25) is 0 Å². The summed E-state index contributed by atoms with van der Waals surface area (Å²) in [6, 6.07) is 14.4. The average molecular weight is 446 g/mol. The Labute approximate surface area is 180 Å². The molecule has 0 N–H and O–H groups in total. The number of carbonyl (C=O) groups excluding carboxylic acids is 1. The number of sulfone groups is 1. The first kappa shape index (κ1) is 20.7. The van der Waals surface area contributed by atoms with Gasteiger partial charge in [-0.25, -0.2) is 8.42 Å². The molecule has 9 heteroatoms. The summed E-state index contributed by atoms with van der Waals surface area (Å²) in [5, 5.41) is 0.407. The van der Waals surface area contributed by atoms with Crippen LogP contribution in [0.15, 0.2) is 53.5 Å². The summed E-state index contributed by atoms with van der Waals surface area (Å²) in [7, 11) is 2.38. The van der Waals surface area contributed by atoms with Crippen molar-refractivity contribution in [1.29, 1.82) is 0 Å². The molecule has 0 aliphatic carbocycles. The highest BCUT2D eigenvalue weighted by Crippen LogP contribution is 2.41. The monoisotopic (exact) mass is 445 g/mol. The molecule has 4 rings (SSSR count). The number of rotatable bonds is 4. The lowest BCUT2D eigenvalue weighted by atomic mass is 10.2.